The maximum absolute atomic E-state index is 4.95. The summed E-state index contributed by atoms with van der Waals surface area (Å²) in [6, 6.07) is 10.5. The highest BCUT2D eigenvalue weighted by Crippen LogP contribution is 1.93. The van der Waals surface area contributed by atoms with E-state index in [1.807, 2.05) is 31.2 Å². The number of oxime groups is 1. The molecule has 0 N–H and O–H groups in total. The van der Waals surface area contributed by atoms with E-state index in [-0.39, 0.29) is 0 Å². The fourth-order valence-corrected chi connectivity index (χ4v) is 0.728. The van der Waals surface area contributed by atoms with E-state index < -0.39 is 0 Å². The molecule has 2 heteroatoms. The smallest absolute Gasteiger partial charge is 0.116 e. The third-order valence-electron chi connectivity index (χ3n) is 1.32. The van der Waals surface area contributed by atoms with Crippen molar-refractivity contribution in [1.82, 2.24) is 0 Å². The largest absolute Gasteiger partial charge is 0.396 e. The summed E-state index contributed by atoms with van der Waals surface area (Å²) in [5, 5.41) is 3.79. The Balaban J connectivity index is 2.36. The maximum atomic E-state index is 4.95. The van der Waals surface area contributed by atoms with Crippen molar-refractivity contribution in [3.05, 3.63) is 35.9 Å². The summed E-state index contributed by atoms with van der Waals surface area (Å²) < 4.78 is 0. The van der Waals surface area contributed by atoms with Crippen molar-refractivity contribution in [2.24, 2.45) is 5.16 Å². The molecule has 0 fully saturated rings. The van der Waals surface area contributed by atoms with Crippen molar-refractivity contribution >= 4 is 6.21 Å². The van der Waals surface area contributed by atoms with Gasteiger partial charge in [0.2, 0.25) is 0 Å². The first-order valence-electron chi connectivity index (χ1n) is 4.05. The normalized spacial score (nSPS) is 10.4. The van der Waals surface area contributed by atoms with Gasteiger partial charge in [-0.05, 0) is 18.1 Å². The van der Waals surface area contributed by atoms with E-state index in [9.17, 15) is 0 Å². The summed E-state index contributed by atoms with van der Waals surface area (Å²) >= 11 is 0. The molecule has 1 aromatic rings. The van der Waals surface area contributed by atoms with E-state index in [0.717, 1.165) is 12.0 Å². The van der Waals surface area contributed by atoms with Crippen LogP contribution in [0, 0.1) is 6.07 Å². The molecule has 63 valence electrons. The van der Waals surface area contributed by atoms with Crippen LogP contribution >= 0.6 is 0 Å². The van der Waals surface area contributed by atoms with Crippen molar-refractivity contribution in [3.8, 4) is 0 Å². The quantitative estimate of drug-likeness (QED) is 0.378. The van der Waals surface area contributed by atoms with E-state index >= 15 is 0 Å². The van der Waals surface area contributed by atoms with E-state index in [2.05, 4.69) is 11.2 Å². The lowest BCUT2D eigenvalue weighted by molar-refractivity contribution is 0.146. The lowest BCUT2D eigenvalue weighted by Crippen LogP contribution is -1.85. The fraction of sp³-hybridized carbons (Fsp3) is 0.300. The van der Waals surface area contributed by atoms with Gasteiger partial charge in [0.15, 0.2) is 0 Å². The second-order valence-corrected chi connectivity index (χ2v) is 2.40. The van der Waals surface area contributed by atoms with Gasteiger partial charge in [0.1, 0.15) is 6.61 Å². The zero-order chi connectivity index (χ0) is 8.65. The zero-order valence-corrected chi connectivity index (χ0v) is 7.16. The summed E-state index contributed by atoms with van der Waals surface area (Å²) in [5.74, 6) is 0. The number of hydrogen-bond acceptors (Lipinski definition) is 2. The summed E-state index contributed by atoms with van der Waals surface area (Å²) in [5.41, 5.74) is 1.03. The molecule has 1 aromatic carbocycles. The molecule has 0 saturated carbocycles. The molecule has 0 aliphatic carbocycles. The standard InChI is InChI=1S/C10H12NO/c1-2-8-12-11-9-10-6-4-3-5-7-10/h4-7,9H,2,8H2,1H3. The minimum atomic E-state index is 0.676. The lowest BCUT2D eigenvalue weighted by Gasteiger charge is -1.93. The monoisotopic (exact) mass is 162 g/mol. The third kappa shape index (κ3) is 3.19. The summed E-state index contributed by atoms with van der Waals surface area (Å²) in [4.78, 5) is 4.95. The van der Waals surface area contributed by atoms with E-state index in [1.165, 1.54) is 0 Å². The predicted molar refractivity (Wildman–Crippen MR) is 49.1 cm³/mol. The molecule has 0 aliphatic rings. The first-order chi connectivity index (χ1) is 5.93. The van der Waals surface area contributed by atoms with Gasteiger partial charge in [-0.15, -0.1) is 0 Å². The van der Waals surface area contributed by atoms with E-state index in [4.69, 9.17) is 4.84 Å². The molecular weight excluding hydrogens is 150 g/mol. The van der Waals surface area contributed by atoms with Crippen molar-refractivity contribution in [2.45, 2.75) is 13.3 Å². The predicted octanol–water partition coefficient (Wildman–Crippen LogP) is 2.25. The van der Waals surface area contributed by atoms with E-state index in [1.54, 1.807) is 6.21 Å². The highest BCUT2D eigenvalue weighted by molar-refractivity contribution is 5.78. The van der Waals surface area contributed by atoms with Gasteiger partial charge in [0.25, 0.3) is 0 Å². The Morgan fingerprint density at radius 3 is 2.92 bits per heavy atom. The van der Waals surface area contributed by atoms with Crippen LogP contribution in [0.25, 0.3) is 0 Å². The molecule has 0 bridgehead atoms. The second-order valence-electron chi connectivity index (χ2n) is 2.40. The first kappa shape index (κ1) is 8.78. The molecule has 0 aliphatic heterocycles. The van der Waals surface area contributed by atoms with Gasteiger partial charge in [0, 0.05) is 0 Å². The highest BCUT2D eigenvalue weighted by atomic mass is 16.6. The highest BCUT2D eigenvalue weighted by Gasteiger charge is 1.83. The Bertz CT molecular complexity index is 231. The number of rotatable bonds is 4. The molecule has 0 spiro atoms. The van der Waals surface area contributed by atoms with Crippen molar-refractivity contribution in [3.63, 3.8) is 0 Å². The molecule has 0 atom stereocenters. The number of nitrogens with zero attached hydrogens (tertiary/aromatic N) is 1. The summed E-state index contributed by atoms with van der Waals surface area (Å²) in [6.45, 7) is 2.72. The van der Waals surface area contributed by atoms with Crippen molar-refractivity contribution in [1.29, 1.82) is 0 Å². The van der Waals surface area contributed by atoms with Crippen LogP contribution in [0.15, 0.2) is 29.4 Å². The molecule has 1 radical (unpaired) electrons. The molecular formula is C10H12NO. The maximum Gasteiger partial charge on any atom is 0.116 e. The Kier molecular flexibility index (Phi) is 3.92. The van der Waals surface area contributed by atoms with Crippen LogP contribution in [0.2, 0.25) is 0 Å². The average molecular weight is 162 g/mol. The average Bonchev–Trinajstić information content (AvgIpc) is 2.14. The van der Waals surface area contributed by atoms with E-state index in [0.29, 0.717) is 6.61 Å². The Morgan fingerprint density at radius 1 is 1.50 bits per heavy atom. The second kappa shape index (κ2) is 5.35. The SMILES string of the molecule is CCCON=Cc1cc[c]cc1. The topological polar surface area (TPSA) is 21.6 Å². The van der Waals surface area contributed by atoms with Crippen LogP contribution in [0.3, 0.4) is 0 Å². The van der Waals surface area contributed by atoms with Gasteiger partial charge >= 0.3 is 0 Å². The van der Waals surface area contributed by atoms with Crippen LogP contribution < -0.4 is 0 Å². The molecule has 12 heavy (non-hydrogen) atoms. The molecule has 1 rings (SSSR count). The Labute approximate surface area is 72.9 Å². The van der Waals surface area contributed by atoms with Crippen molar-refractivity contribution < 1.29 is 4.84 Å². The number of benzene rings is 1. The van der Waals surface area contributed by atoms with Crippen LogP contribution in [0.5, 0.6) is 0 Å². The van der Waals surface area contributed by atoms with Crippen LogP contribution in [-0.4, -0.2) is 12.8 Å². The van der Waals surface area contributed by atoms with Gasteiger partial charge < -0.3 is 4.84 Å². The Morgan fingerprint density at radius 2 is 2.25 bits per heavy atom. The van der Waals surface area contributed by atoms with Crippen molar-refractivity contribution in [2.75, 3.05) is 6.61 Å². The van der Waals surface area contributed by atoms with Gasteiger partial charge in [0.05, 0.1) is 6.21 Å². The third-order valence-corrected chi connectivity index (χ3v) is 1.32. The van der Waals surface area contributed by atoms with Crippen LogP contribution in [0.4, 0.5) is 0 Å². The molecule has 0 saturated heterocycles. The first-order valence-corrected chi connectivity index (χ1v) is 4.05. The van der Waals surface area contributed by atoms with Gasteiger partial charge in [-0.3, -0.25) is 0 Å². The van der Waals surface area contributed by atoms with Crippen LogP contribution in [-0.2, 0) is 4.84 Å². The minimum absolute atomic E-state index is 0.676. The summed E-state index contributed by atoms with van der Waals surface area (Å²) in [7, 11) is 0. The summed E-state index contributed by atoms with van der Waals surface area (Å²) in [6.07, 6.45) is 2.68. The van der Waals surface area contributed by atoms with Crippen LogP contribution in [0.1, 0.15) is 18.9 Å². The molecule has 0 heterocycles. The molecule has 2 nitrogen and oxygen atoms in total. The minimum Gasteiger partial charge on any atom is -0.396 e. The zero-order valence-electron chi connectivity index (χ0n) is 7.16. The van der Waals surface area contributed by atoms with Gasteiger partial charge in [-0.25, -0.2) is 0 Å². The Hall–Kier alpha value is -1.31. The molecule has 0 unspecified atom stereocenters. The fourth-order valence-electron chi connectivity index (χ4n) is 0.728. The van der Waals surface area contributed by atoms with Gasteiger partial charge in [-0.2, -0.15) is 0 Å². The van der Waals surface area contributed by atoms with Gasteiger partial charge in [-0.1, -0.05) is 36.3 Å². The molecule has 0 aromatic heterocycles. The number of hydrogen-bond donors (Lipinski definition) is 0. The lowest BCUT2D eigenvalue weighted by atomic mass is 10.2. The molecule has 0 amide bonds.